The molecule has 83 heavy (non-hydrogen) atoms. The van der Waals surface area contributed by atoms with Gasteiger partial charge in [0.2, 0.25) is 5.82 Å². The highest BCUT2D eigenvalue weighted by molar-refractivity contribution is 5.24. The van der Waals surface area contributed by atoms with E-state index in [0.29, 0.717) is 16.7 Å². The van der Waals surface area contributed by atoms with Crippen LogP contribution >= 0.6 is 0 Å². The molecule has 19 heteroatoms. The summed E-state index contributed by atoms with van der Waals surface area (Å²) >= 11 is 0. The Morgan fingerprint density at radius 3 is 0.952 bits per heavy atom. The maximum Gasteiger partial charge on any atom is 0.200 e. The third-order valence-corrected chi connectivity index (χ3v) is 11.5. The highest BCUT2D eigenvalue weighted by Crippen LogP contribution is 2.27. The molecule has 0 aliphatic heterocycles. The van der Waals surface area contributed by atoms with Crippen LogP contribution in [0.15, 0.2) is 127 Å². The Morgan fingerprint density at radius 1 is 0.241 bits per heavy atom. The number of hydrogen-bond acceptors (Lipinski definition) is 0. The molecule has 450 valence electrons. The van der Waals surface area contributed by atoms with E-state index in [4.69, 9.17) is 0 Å². The maximum absolute atomic E-state index is 12.4. The number of aryl methyl sites for hydroxylation is 5. The minimum absolute atomic E-state index is 0.0810. The molecular weight excluding hydrogens is 1130 g/mol. The first-order valence-electron chi connectivity index (χ1n) is 25.1. The van der Waals surface area contributed by atoms with Gasteiger partial charge in [-0.15, -0.1) is 0 Å². The molecule has 0 nitrogen and oxygen atoms in total. The lowest BCUT2D eigenvalue weighted by atomic mass is 9.84. The first kappa shape index (κ1) is 73.4. The zero-order valence-corrected chi connectivity index (χ0v) is 46.8. The van der Waals surface area contributed by atoms with Crippen LogP contribution in [0.3, 0.4) is 0 Å². The lowest BCUT2D eigenvalue weighted by molar-refractivity contribution is 0.308. The van der Waals surface area contributed by atoms with Crippen molar-refractivity contribution in [3.05, 3.63) is 282 Å². The van der Waals surface area contributed by atoms with E-state index in [1.54, 1.807) is 44.2 Å². The van der Waals surface area contributed by atoms with Crippen molar-refractivity contribution in [1.82, 2.24) is 0 Å². The molecular formula is C64H61F19. The van der Waals surface area contributed by atoms with E-state index in [2.05, 4.69) is 13.8 Å². The highest BCUT2D eigenvalue weighted by Gasteiger charge is 2.23. The van der Waals surface area contributed by atoms with Crippen LogP contribution in [0.5, 0.6) is 0 Å². The quantitative estimate of drug-likeness (QED) is 0.0806. The molecule has 1 saturated carbocycles. The fourth-order valence-electron chi connectivity index (χ4n) is 6.48. The molecule has 0 aromatic heterocycles. The Bertz CT molecular complexity index is 2960. The first-order chi connectivity index (χ1) is 38.7. The van der Waals surface area contributed by atoms with Crippen molar-refractivity contribution in [1.29, 1.82) is 0 Å². The Balaban J connectivity index is 0.000000468. The highest BCUT2D eigenvalue weighted by atomic mass is 19.2. The van der Waals surface area contributed by atoms with Crippen LogP contribution in [-0.2, 0) is 0 Å². The van der Waals surface area contributed by atoms with Crippen LogP contribution in [0.25, 0.3) is 0 Å². The smallest absolute Gasteiger partial charge is 0.200 e. The minimum atomic E-state index is -2.13. The molecule has 8 aromatic rings. The van der Waals surface area contributed by atoms with Crippen molar-refractivity contribution < 1.29 is 83.4 Å². The van der Waals surface area contributed by atoms with Gasteiger partial charge >= 0.3 is 0 Å². The second-order valence-corrected chi connectivity index (χ2v) is 18.8. The first-order valence-corrected chi connectivity index (χ1v) is 25.1. The van der Waals surface area contributed by atoms with Gasteiger partial charge in [-0.2, -0.15) is 0 Å². The summed E-state index contributed by atoms with van der Waals surface area (Å²) in [6.45, 7) is 16.6. The van der Waals surface area contributed by atoms with Crippen LogP contribution in [0.4, 0.5) is 83.4 Å². The van der Waals surface area contributed by atoms with E-state index in [9.17, 15) is 83.4 Å². The average Bonchev–Trinajstić information content (AvgIpc) is 3.44. The molecule has 1 fully saturated rings. The van der Waals surface area contributed by atoms with Crippen LogP contribution in [0, 0.1) is 178 Å². The van der Waals surface area contributed by atoms with Gasteiger partial charge in [-0.05, 0) is 156 Å². The zero-order valence-electron chi connectivity index (χ0n) is 46.8. The molecule has 0 bridgehead atoms. The summed E-state index contributed by atoms with van der Waals surface area (Å²) in [6.07, 6.45) is 5.89. The van der Waals surface area contributed by atoms with Gasteiger partial charge in [0.15, 0.2) is 64.0 Å². The molecule has 0 unspecified atom stereocenters. The molecule has 1 aliphatic rings. The van der Waals surface area contributed by atoms with E-state index >= 15 is 0 Å². The molecule has 0 amide bonds. The summed E-state index contributed by atoms with van der Waals surface area (Å²) in [5, 5.41) is 0. The van der Waals surface area contributed by atoms with Crippen molar-refractivity contribution in [2.75, 3.05) is 0 Å². The van der Waals surface area contributed by atoms with Crippen LogP contribution in [0.1, 0.15) is 84.0 Å². The van der Waals surface area contributed by atoms with Gasteiger partial charge in [0.1, 0.15) is 40.7 Å². The summed E-state index contributed by atoms with van der Waals surface area (Å²) in [5.74, 6) is -19.1. The lowest BCUT2D eigenvalue weighted by Crippen LogP contribution is -2.08. The molecule has 0 spiro atoms. The third-order valence-electron chi connectivity index (χ3n) is 11.5. The Kier molecular flexibility index (Phi) is 32.6. The Labute approximate surface area is 471 Å². The van der Waals surface area contributed by atoms with Crippen LogP contribution < -0.4 is 0 Å². The molecule has 9 rings (SSSR count). The Hall–Kier alpha value is -7.57. The van der Waals surface area contributed by atoms with Gasteiger partial charge in [0.05, 0.1) is 0 Å². The summed E-state index contributed by atoms with van der Waals surface area (Å²) < 4.78 is 233. The summed E-state index contributed by atoms with van der Waals surface area (Å²) in [5.41, 5.74) is 2.30. The van der Waals surface area contributed by atoms with Crippen LogP contribution in [-0.4, -0.2) is 0 Å². The van der Waals surface area contributed by atoms with E-state index in [0.717, 1.165) is 55.0 Å². The summed E-state index contributed by atoms with van der Waals surface area (Å²) in [7, 11) is 0. The SMILES string of the molecule is CC1CCC(C)CC1.Cc1c(F)c(F)c(F)c(F)c1F.Cc1c(F)c(F)cc(F)c1F.Cc1c(F)cccc1F.Cc1cc(F)c(F)c(F)c1.Cc1cc(F)cc(F)c1.Cc1ccc(F)cc1.Cc1cccc(F)c1.Cc1ccccc1F. The van der Waals surface area contributed by atoms with Gasteiger partial charge in [0.25, 0.3) is 0 Å². The largest absolute Gasteiger partial charge is 0.207 e. The second kappa shape index (κ2) is 36.8. The maximum atomic E-state index is 12.4. The van der Waals surface area contributed by atoms with E-state index in [1.807, 2.05) is 26.0 Å². The molecule has 0 N–H and O–H groups in total. The van der Waals surface area contributed by atoms with Gasteiger partial charge in [-0.25, -0.2) is 83.4 Å². The van der Waals surface area contributed by atoms with Crippen molar-refractivity contribution in [2.24, 2.45) is 11.8 Å². The van der Waals surface area contributed by atoms with Gasteiger partial charge in [0, 0.05) is 28.8 Å². The van der Waals surface area contributed by atoms with Crippen molar-refractivity contribution >= 4 is 0 Å². The molecule has 1 aliphatic carbocycles. The molecule has 8 aromatic carbocycles. The van der Waals surface area contributed by atoms with Crippen molar-refractivity contribution in [3.63, 3.8) is 0 Å². The molecule has 0 radical (unpaired) electrons. The number of rotatable bonds is 0. The number of benzene rings is 8. The molecule has 0 atom stereocenters. The third kappa shape index (κ3) is 27.4. The standard InChI is InChI=1S/C8H16.C7H3F5.C7H4F4.C7H5F3.2C7H6F2.3C7H7F/c1-7-3-5-8(2)6-4-7;1-2-3(8)5(10)7(12)6(11)4(2)9;1-3-6(10)4(8)2-5(9)7(3)11;1-4-2-5(8)7(10)6(9)3-4;1-5-2-6(8)4-7(9)3-5;1-5-6(8)3-2-4-7(5)9;1-6-2-4-7(8)5-3-6;1-6-3-2-4-7(8)5-6;1-6-4-2-3-5-7(6)8/h7-8H,3-6H2,1-2H3;1H3;2H,1H3;2-3H,1H3;2*2-4H,1H3;3*2-5H,1H3. The van der Waals surface area contributed by atoms with Crippen molar-refractivity contribution in [2.45, 2.75) is 94.9 Å². The van der Waals surface area contributed by atoms with Gasteiger partial charge in [-0.3, -0.25) is 0 Å². The van der Waals surface area contributed by atoms with E-state index < -0.39 is 104 Å². The molecule has 0 heterocycles. The molecule has 0 saturated heterocycles. The number of halogens is 19. The Morgan fingerprint density at radius 2 is 0.602 bits per heavy atom. The summed E-state index contributed by atoms with van der Waals surface area (Å²) in [6, 6.07) is 28.9. The second-order valence-electron chi connectivity index (χ2n) is 18.8. The average molecular weight is 1190 g/mol. The lowest BCUT2D eigenvalue weighted by Gasteiger charge is -2.22. The monoisotopic (exact) mass is 1190 g/mol. The number of hydrogen-bond donors (Lipinski definition) is 0. The fraction of sp³-hybridized carbons (Fsp3) is 0.250. The van der Waals surface area contributed by atoms with Crippen LogP contribution in [0.2, 0.25) is 0 Å². The van der Waals surface area contributed by atoms with Crippen molar-refractivity contribution in [3.8, 4) is 0 Å². The van der Waals surface area contributed by atoms with E-state index in [-0.39, 0.29) is 29.1 Å². The minimum Gasteiger partial charge on any atom is -0.207 e. The predicted molar refractivity (Wildman–Crippen MR) is 285 cm³/mol. The van der Waals surface area contributed by atoms with Gasteiger partial charge in [-0.1, -0.05) is 93.6 Å². The topological polar surface area (TPSA) is 0 Å². The summed E-state index contributed by atoms with van der Waals surface area (Å²) in [4.78, 5) is 0. The predicted octanol–water partition coefficient (Wildman–Crippen LogP) is 21.4. The fourth-order valence-corrected chi connectivity index (χ4v) is 6.48. The van der Waals surface area contributed by atoms with Gasteiger partial charge < -0.3 is 0 Å². The normalized spacial score (nSPS) is 12.7. The van der Waals surface area contributed by atoms with E-state index in [1.165, 1.54) is 100 Å². The zero-order chi connectivity index (χ0) is 63.4.